The summed E-state index contributed by atoms with van der Waals surface area (Å²) in [6.07, 6.45) is 0. The highest BCUT2D eigenvalue weighted by molar-refractivity contribution is 6.31. The minimum atomic E-state index is -0.0937. The minimum absolute atomic E-state index is 0.0937. The van der Waals surface area contributed by atoms with Crippen molar-refractivity contribution in [3.63, 3.8) is 0 Å². The largest absolute Gasteiger partial charge is 0.493 e. The van der Waals surface area contributed by atoms with Gasteiger partial charge in [0.2, 0.25) is 0 Å². The molecule has 1 atom stereocenters. The van der Waals surface area contributed by atoms with E-state index in [-0.39, 0.29) is 6.04 Å². The minimum Gasteiger partial charge on any atom is -0.493 e. The third-order valence-corrected chi connectivity index (χ3v) is 3.53. The fourth-order valence-corrected chi connectivity index (χ4v) is 2.53. The molecule has 2 rings (SSSR count). The standard InChI is InChI=1S/C16H18ClNO2/c1-10(18)12-8-7-11(9-14(12)17)13-5-4-6-15(19-2)16(13)20-3/h4-10H,18H2,1-3H3. The van der Waals surface area contributed by atoms with E-state index in [0.717, 1.165) is 16.7 Å². The first-order valence-electron chi connectivity index (χ1n) is 6.35. The summed E-state index contributed by atoms with van der Waals surface area (Å²) in [5.41, 5.74) is 8.71. The molecule has 2 aromatic rings. The van der Waals surface area contributed by atoms with Crippen molar-refractivity contribution in [2.75, 3.05) is 14.2 Å². The number of hydrogen-bond donors (Lipinski definition) is 1. The Balaban J connectivity index is 2.54. The van der Waals surface area contributed by atoms with Gasteiger partial charge in [0.25, 0.3) is 0 Å². The molecule has 0 saturated carbocycles. The van der Waals surface area contributed by atoms with Crippen LogP contribution in [-0.4, -0.2) is 14.2 Å². The van der Waals surface area contributed by atoms with Gasteiger partial charge < -0.3 is 15.2 Å². The predicted molar refractivity (Wildman–Crippen MR) is 82.6 cm³/mol. The van der Waals surface area contributed by atoms with Crippen molar-refractivity contribution in [1.82, 2.24) is 0 Å². The normalized spacial score (nSPS) is 12.1. The van der Waals surface area contributed by atoms with Crippen molar-refractivity contribution in [2.45, 2.75) is 13.0 Å². The third-order valence-electron chi connectivity index (χ3n) is 3.20. The maximum absolute atomic E-state index is 6.29. The zero-order valence-electron chi connectivity index (χ0n) is 11.8. The first-order valence-corrected chi connectivity index (χ1v) is 6.72. The summed E-state index contributed by atoms with van der Waals surface area (Å²) < 4.78 is 10.8. The summed E-state index contributed by atoms with van der Waals surface area (Å²) in [7, 11) is 3.24. The van der Waals surface area contributed by atoms with Crippen LogP contribution in [0, 0.1) is 0 Å². The number of benzene rings is 2. The van der Waals surface area contributed by atoms with Crippen LogP contribution in [-0.2, 0) is 0 Å². The van der Waals surface area contributed by atoms with Crippen LogP contribution in [0.1, 0.15) is 18.5 Å². The highest BCUT2D eigenvalue weighted by Crippen LogP contribution is 2.39. The van der Waals surface area contributed by atoms with E-state index < -0.39 is 0 Å². The quantitative estimate of drug-likeness (QED) is 0.924. The molecule has 0 bridgehead atoms. The maximum atomic E-state index is 6.29. The van der Waals surface area contributed by atoms with E-state index in [2.05, 4.69) is 0 Å². The summed E-state index contributed by atoms with van der Waals surface area (Å²) in [5.74, 6) is 1.39. The van der Waals surface area contributed by atoms with Crippen molar-refractivity contribution < 1.29 is 9.47 Å². The Hall–Kier alpha value is -1.71. The first-order chi connectivity index (χ1) is 9.58. The molecule has 0 aliphatic rings. The molecule has 1 unspecified atom stereocenters. The second kappa shape index (κ2) is 6.16. The average Bonchev–Trinajstić information content (AvgIpc) is 2.45. The molecule has 0 aliphatic carbocycles. The van der Waals surface area contributed by atoms with E-state index >= 15 is 0 Å². The lowest BCUT2D eigenvalue weighted by atomic mass is 10.0. The molecular weight excluding hydrogens is 274 g/mol. The Morgan fingerprint density at radius 3 is 2.40 bits per heavy atom. The van der Waals surface area contributed by atoms with Gasteiger partial charge in [-0.2, -0.15) is 0 Å². The summed E-state index contributed by atoms with van der Waals surface area (Å²) >= 11 is 6.29. The molecule has 0 radical (unpaired) electrons. The maximum Gasteiger partial charge on any atom is 0.168 e. The average molecular weight is 292 g/mol. The summed E-state index contributed by atoms with van der Waals surface area (Å²) in [6.45, 7) is 1.91. The summed E-state index contributed by atoms with van der Waals surface area (Å²) in [5, 5.41) is 0.655. The highest BCUT2D eigenvalue weighted by Gasteiger charge is 2.13. The van der Waals surface area contributed by atoms with Gasteiger partial charge in [0.05, 0.1) is 14.2 Å². The molecule has 0 saturated heterocycles. The van der Waals surface area contributed by atoms with Gasteiger partial charge in [0.1, 0.15) is 0 Å². The Morgan fingerprint density at radius 1 is 1.10 bits per heavy atom. The first kappa shape index (κ1) is 14.7. The van der Waals surface area contributed by atoms with Crippen molar-refractivity contribution in [3.8, 4) is 22.6 Å². The topological polar surface area (TPSA) is 44.5 Å². The number of halogens is 1. The van der Waals surface area contributed by atoms with Gasteiger partial charge in [-0.15, -0.1) is 0 Å². The zero-order chi connectivity index (χ0) is 14.7. The zero-order valence-corrected chi connectivity index (χ0v) is 12.6. The molecule has 20 heavy (non-hydrogen) atoms. The van der Waals surface area contributed by atoms with Crippen LogP contribution in [0.15, 0.2) is 36.4 Å². The summed E-state index contributed by atoms with van der Waals surface area (Å²) in [6, 6.07) is 11.5. The van der Waals surface area contributed by atoms with E-state index in [0.29, 0.717) is 16.5 Å². The lowest BCUT2D eigenvalue weighted by Crippen LogP contribution is -2.05. The van der Waals surface area contributed by atoms with E-state index in [1.807, 2.05) is 43.3 Å². The van der Waals surface area contributed by atoms with E-state index in [4.69, 9.17) is 26.8 Å². The van der Waals surface area contributed by atoms with Gasteiger partial charge in [-0.3, -0.25) is 0 Å². The highest BCUT2D eigenvalue weighted by atomic mass is 35.5. The van der Waals surface area contributed by atoms with Gasteiger partial charge in [-0.25, -0.2) is 0 Å². The van der Waals surface area contributed by atoms with Gasteiger partial charge in [0.15, 0.2) is 11.5 Å². The molecule has 0 heterocycles. The number of nitrogens with two attached hydrogens (primary N) is 1. The van der Waals surface area contributed by atoms with Crippen LogP contribution in [0.25, 0.3) is 11.1 Å². The van der Waals surface area contributed by atoms with Gasteiger partial charge in [0, 0.05) is 16.6 Å². The van der Waals surface area contributed by atoms with E-state index in [1.165, 1.54) is 0 Å². The van der Waals surface area contributed by atoms with Crippen LogP contribution >= 0.6 is 11.6 Å². The SMILES string of the molecule is COc1cccc(-c2ccc(C(C)N)c(Cl)c2)c1OC. The lowest BCUT2D eigenvalue weighted by Gasteiger charge is -2.14. The van der Waals surface area contributed by atoms with Crippen LogP contribution in [0.5, 0.6) is 11.5 Å². The molecule has 3 nitrogen and oxygen atoms in total. The van der Waals surface area contributed by atoms with Crippen molar-refractivity contribution in [3.05, 3.63) is 47.0 Å². The van der Waals surface area contributed by atoms with Gasteiger partial charge in [-0.1, -0.05) is 35.9 Å². The Labute approximate surface area is 124 Å². The summed E-state index contributed by atoms with van der Waals surface area (Å²) in [4.78, 5) is 0. The monoisotopic (exact) mass is 291 g/mol. The van der Waals surface area contributed by atoms with Crippen molar-refractivity contribution in [1.29, 1.82) is 0 Å². The second-order valence-corrected chi connectivity index (χ2v) is 4.97. The fourth-order valence-electron chi connectivity index (χ4n) is 2.18. The molecular formula is C16H18ClNO2. The number of methoxy groups -OCH3 is 2. The smallest absolute Gasteiger partial charge is 0.168 e. The Morgan fingerprint density at radius 2 is 1.85 bits per heavy atom. The second-order valence-electron chi connectivity index (χ2n) is 4.57. The van der Waals surface area contributed by atoms with Crippen LogP contribution in [0.2, 0.25) is 5.02 Å². The lowest BCUT2D eigenvalue weighted by molar-refractivity contribution is 0.356. The Kier molecular flexibility index (Phi) is 4.53. The van der Waals surface area contributed by atoms with Crippen LogP contribution in [0.4, 0.5) is 0 Å². The molecule has 4 heteroatoms. The van der Waals surface area contributed by atoms with Gasteiger partial charge >= 0.3 is 0 Å². The predicted octanol–water partition coefficient (Wildman–Crippen LogP) is 4.04. The number of para-hydroxylation sites is 1. The number of hydrogen-bond acceptors (Lipinski definition) is 3. The molecule has 2 aromatic carbocycles. The van der Waals surface area contributed by atoms with Crippen LogP contribution < -0.4 is 15.2 Å². The molecule has 0 aliphatic heterocycles. The number of rotatable bonds is 4. The van der Waals surface area contributed by atoms with E-state index in [1.54, 1.807) is 14.2 Å². The van der Waals surface area contributed by atoms with E-state index in [9.17, 15) is 0 Å². The van der Waals surface area contributed by atoms with Crippen LogP contribution in [0.3, 0.4) is 0 Å². The Bertz CT molecular complexity index is 611. The third kappa shape index (κ3) is 2.74. The molecule has 0 spiro atoms. The van der Waals surface area contributed by atoms with Crippen molar-refractivity contribution in [2.24, 2.45) is 5.73 Å². The molecule has 2 N–H and O–H groups in total. The van der Waals surface area contributed by atoms with Crippen molar-refractivity contribution >= 4 is 11.6 Å². The fraction of sp³-hybridized carbons (Fsp3) is 0.250. The van der Waals surface area contributed by atoms with Gasteiger partial charge in [-0.05, 0) is 30.2 Å². The molecule has 0 aromatic heterocycles. The molecule has 106 valence electrons. The molecule has 0 amide bonds. The number of ether oxygens (including phenoxy) is 2. The molecule has 0 fully saturated rings.